The third kappa shape index (κ3) is 10.2. The van der Waals surface area contributed by atoms with Gasteiger partial charge in [-0.15, -0.1) is 0 Å². The number of esters is 1. The van der Waals surface area contributed by atoms with Gasteiger partial charge in [0.05, 0.1) is 17.7 Å². The molecule has 1 unspecified atom stereocenters. The number of alkyl halides is 3. The molecule has 4 nitrogen and oxygen atoms in total. The number of halogens is 3. The lowest BCUT2D eigenvalue weighted by molar-refractivity contribution is -0.147. The predicted molar refractivity (Wildman–Crippen MR) is 116 cm³/mol. The monoisotopic (exact) mass is 443 g/mol. The summed E-state index contributed by atoms with van der Waals surface area (Å²) in [6.45, 7) is 5.85. The minimum absolute atomic E-state index is 0.243. The second kappa shape index (κ2) is 14.1. The lowest BCUT2D eigenvalue weighted by atomic mass is 10.0. The largest absolute Gasteiger partial charge is 0.464 e. The number of rotatable bonds is 14. The molecular weight excluding hydrogens is 407 g/mol. The van der Waals surface area contributed by atoms with Crippen molar-refractivity contribution in [1.29, 1.82) is 0 Å². The van der Waals surface area contributed by atoms with Crippen molar-refractivity contribution in [2.24, 2.45) is 5.92 Å². The molecule has 0 spiro atoms. The molecule has 0 fully saturated rings. The van der Waals surface area contributed by atoms with E-state index in [2.05, 4.69) is 12.2 Å². The van der Waals surface area contributed by atoms with E-state index in [1.54, 1.807) is 13.8 Å². The Bertz CT molecular complexity index is 674. The third-order valence-electron chi connectivity index (χ3n) is 5.18. The van der Waals surface area contributed by atoms with Crippen molar-refractivity contribution in [2.45, 2.75) is 90.8 Å². The van der Waals surface area contributed by atoms with Crippen molar-refractivity contribution in [2.75, 3.05) is 6.61 Å². The SMILES string of the molecule is CCCCCCCCCCCOC(=O)C(NC(=O)c1ccccc1C(F)(F)F)C(C)C. The summed E-state index contributed by atoms with van der Waals surface area (Å²) in [5, 5.41) is 2.42. The van der Waals surface area contributed by atoms with Crippen molar-refractivity contribution in [3.8, 4) is 0 Å². The average molecular weight is 444 g/mol. The van der Waals surface area contributed by atoms with E-state index in [9.17, 15) is 22.8 Å². The Morgan fingerprint density at radius 2 is 1.48 bits per heavy atom. The fourth-order valence-electron chi connectivity index (χ4n) is 3.32. The highest BCUT2D eigenvalue weighted by Gasteiger charge is 2.36. The second-order valence-corrected chi connectivity index (χ2v) is 8.23. The van der Waals surface area contributed by atoms with Crippen LogP contribution in [-0.2, 0) is 15.7 Å². The van der Waals surface area contributed by atoms with Gasteiger partial charge in [0.25, 0.3) is 5.91 Å². The molecule has 1 rings (SSSR count). The lowest BCUT2D eigenvalue weighted by Gasteiger charge is -2.22. The maximum atomic E-state index is 13.2. The molecule has 31 heavy (non-hydrogen) atoms. The second-order valence-electron chi connectivity index (χ2n) is 8.23. The first-order chi connectivity index (χ1) is 14.7. The van der Waals surface area contributed by atoms with Gasteiger partial charge >= 0.3 is 12.1 Å². The van der Waals surface area contributed by atoms with E-state index in [0.717, 1.165) is 31.4 Å². The molecule has 0 heterocycles. The fraction of sp³-hybridized carbons (Fsp3) is 0.667. The molecule has 0 radical (unpaired) electrons. The Morgan fingerprint density at radius 1 is 0.935 bits per heavy atom. The van der Waals surface area contributed by atoms with Crippen LogP contribution in [0.25, 0.3) is 0 Å². The average Bonchev–Trinajstić information content (AvgIpc) is 2.72. The third-order valence-corrected chi connectivity index (χ3v) is 5.18. The first-order valence-electron chi connectivity index (χ1n) is 11.3. The number of carbonyl (C=O) groups is 2. The first-order valence-corrected chi connectivity index (χ1v) is 11.3. The van der Waals surface area contributed by atoms with Crippen LogP contribution in [0.3, 0.4) is 0 Å². The van der Waals surface area contributed by atoms with Crippen LogP contribution in [0.4, 0.5) is 13.2 Å². The Hall–Kier alpha value is -2.05. The Morgan fingerprint density at radius 3 is 2.03 bits per heavy atom. The predicted octanol–water partition coefficient (Wildman–Crippen LogP) is 6.53. The highest BCUT2D eigenvalue weighted by molar-refractivity contribution is 5.98. The van der Waals surface area contributed by atoms with Crippen molar-refractivity contribution < 1.29 is 27.5 Å². The van der Waals surface area contributed by atoms with Crippen molar-refractivity contribution in [1.82, 2.24) is 5.32 Å². The fourth-order valence-corrected chi connectivity index (χ4v) is 3.32. The summed E-state index contributed by atoms with van der Waals surface area (Å²) < 4.78 is 44.8. The lowest BCUT2D eigenvalue weighted by Crippen LogP contribution is -2.45. The Labute approximate surface area is 183 Å². The van der Waals surface area contributed by atoms with Crippen LogP contribution in [0.1, 0.15) is 94.5 Å². The highest BCUT2D eigenvalue weighted by atomic mass is 19.4. The number of benzene rings is 1. The molecule has 1 amide bonds. The van der Waals surface area contributed by atoms with Gasteiger partial charge in [0.1, 0.15) is 6.04 Å². The molecule has 1 atom stereocenters. The molecule has 7 heteroatoms. The minimum atomic E-state index is -4.65. The summed E-state index contributed by atoms with van der Waals surface area (Å²) in [5.41, 5.74) is -1.54. The topological polar surface area (TPSA) is 55.4 Å². The van der Waals surface area contributed by atoms with Gasteiger partial charge in [0, 0.05) is 0 Å². The van der Waals surface area contributed by atoms with Crippen LogP contribution >= 0.6 is 0 Å². The number of hydrogen-bond donors (Lipinski definition) is 1. The van der Waals surface area contributed by atoms with Gasteiger partial charge in [0.2, 0.25) is 0 Å². The maximum absolute atomic E-state index is 13.2. The van der Waals surface area contributed by atoms with E-state index in [0.29, 0.717) is 0 Å². The van der Waals surface area contributed by atoms with E-state index in [1.165, 1.54) is 50.7 Å². The summed E-state index contributed by atoms with van der Waals surface area (Å²) in [6, 6.07) is 3.52. The molecule has 0 aliphatic rings. The molecule has 0 aliphatic carbocycles. The maximum Gasteiger partial charge on any atom is 0.417 e. The number of nitrogens with one attached hydrogen (secondary N) is 1. The highest BCUT2D eigenvalue weighted by Crippen LogP contribution is 2.31. The normalized spacial score (nSPS) is 12.6. The number of amides is 1. The summed E-state index contributed by atoms with van der Waals surface area (Å²) in [6.07, 6.45) is 5.57. The summed E-state index contributed by atoms with van der Waals surface area (Å²) in [7, 11) is 0. The van der Waals surface area contributed by atoms with Crippen LogP contribution in [-0.4, -0.2) is 24.5 Å². The Kier molecular flexibility index (Phi) is 12.3. The van der Waals surface area contributed by atoms with Gasteiger partial charge in [-0.1, -0.05) is 84.3 Å². The number of ether oxygens (including phenoxy) is 1. The number of hydrogen-bond acceptors (Lipinski definition) is 3. The van der Waals surface area contributed by atoms with E-state index in [1.807, 2.05) is 0 Å². The summed E-state index contributed by atoms with van der Waals surface area (Å²) in [5.74, 6) is -1.88. The summed E-state index contributed by atoms with van der Waals surface area (Å²) in [4.78, 5) is 24.9. The van der Waals surface area contributed by atoms with Crippen LogP contribution in [0.5, 0.6) is 0 Å². The van der Waals surface area contributed by atoms with Gasteiger partial charge in [-0.3, -0.25) is 4.79 Å². The van der Waals surface area contributed by atoms with E-state index < -0.39 is 35.2 Å². The van der Waals surface area contributed by atoms with Crippen LogP contribution in [0, 0.1) is 5.92 Å². The van der Waals surface area contributed by atoms with Gasteiger partial charge in [0.15, 0.2) is 0 Å². The molecule has 1 aromatic carbocycles. The molecule has 0 saturated carbocycles. The zero-order valence-electron chi connectivity index (χ0n) is 18.9. The van der Waals surface area contributed by atoms with Crippen molar-refractivity contribution >= 4 is 11.9 Å². The van der Waals surface area contributed by atoms with Crippen LogP contribution < -0.4 is 5.32 Å². The smallest absolute Gasteiger partial charge is 0.417 e. The first kappa shape index (κ1) is 27.0. The van der Waals surface area contributed by atoms with Crippen molar-refractivity contribution in [3.05, 3.63) is 35.4 Å². The van der Waals surface area contributed by atoms with E-state index in [4.69, 9.17) is 4.74 Å². The number of carbonyl (C=O) groups excluding carboxylic acids is 2. The molecule has 0 saturated heterocycles. The zero-order valence-corrected chi connectivity index (χ0v) is 18.9. The standard InChI is InChI=1S/C24H36F3NO3/c1-4-5-6-7-8-9-10-11-14-17-31-23(30)21(18(2)3)28-22(29)19-15-12-13-16-20(19)24(25,26)27/h12-13,15-16,18,21H,4-11,14,17H2,1-3H3,(H,28,29). The minimum Gasteiger partial charge on any atom is -0.464 e. The number of unbranched alkanes of at least 4 members (excludes halogenated alkanes) is 8. The van der Waals surface area contributed by atoms with Gasteiger partial charge in [-0.2, -0.15) is 13.2 Å². The molecule has 176 valence electrons. The molecule has 1 N–H and O–H groups in total. The van der Waals surface area contributed by atoms with Crippen LogP contribution in [0.15, 0.2) is 24.3 Å². The zero-order chi connectivity index (χ0) is 23.3. The van der Waals surface area contributed by atoms with Crippen molar-refractivity contribution in [3.63, 3.8) is 0 Å². The molecule has 0 bridgehead atoms. The molecule has 0 aromatic heterocycles. The Balaban J connectivity index is 2.47. The molecule has 0 aliphatic heterocycles. The van der Waals surface area contributed by atoms with E-state index in [-0.39, 0.29) is 12.5 Å². The quantitative estimate of drug-likeness (QED) is 0.263. The van der Waals surface area contributed by atoms with Gasteiger partial charge in [-0.25, -0.2) is 4.79 Å². The molecule has 1 aromatic rings. The summed E-state index contributed by atoms with van der Waals surface area (Å²) >= 11 is 0. The molecular formula is C24H36F3NO3. The van der Waals surface area contributed by atoms with Gasteiger partial charge in [-0.05, 0) is 24.5 Å². The van der Waals surface area contributed by atoms with Gasteiger partial charge < -0.3 is 10.1 Å². The van der Waals surface area contributed by atoms with E-state index >= 15 is 0 Å². The van der Waals surface area contributed by atoms with Crippen LogP contribution in [0.2, 0.25) is 0 Å².